The van der Waals surface area contributed by atoms with Crippen LogP contribution in [-0.2, 0) is 16.0 Å². The number of amides is 4. The van der Waals surface area contributed by atoms with Crippen molar-refractivity contribution in [1.82, 2.24) is 10.2 Å². The van der Waals surface area contributed by atoms with Crippen molar-refractivity contribution in [3.63, 3.8) is 0 Å². The van der Waals surface area contributed by atoms with E-state index in [1.807, 2.05) is 18.2 Å². The zero-order chi connectivity index (χ0) is 21.0. The molecule has 0 spiro atoms. The fraction of sp³-hybridized carbons (Fsp3) is 0.273. The molecule has 2 aromatic rings. The summed E-state index contributed by atoms with van der Waals surface area (Å²) in [5.74, 6) is -2.01. The largest absolute Gasteiger partial charge is 0.399 e. The monoisotopic (exact) mass is 404 g/mol. The maximum atomic E-state index is 13.0. The van der Waals surface area contributed by atoms with Crippen molar-refractivity contribution < 1.29 is 19.2 Å². The second-order valence-electron chi connectivity index (χ2n) is 7.90. The molecule has 2 aromatic carbocycles. The minimum absolute atomic E-state index is 0.0945. The Bertz CT molecular complexity index is 1130. The fourth-order valence-corrected chi connectivity index (χ4v) is 4.55. The van der Waals surface area contributed by atoms with E-state index in [9.17, 15) is 19.2 Å². The average molecular weight is 404 g/mol. The van der Waals surface area contributed by atoms with Crippen LogP contribution in [0.1, 0.15) is 57.1 Å². The van der Waals surface area contributed by atoms with Crippen molar-refractivity contribution in [1.29, 1.82) is 0 Å². The lowest BCUT2D eigenvalue weighted by atomic mass is 10.0. The number of carbonyl (C=O) groups excluding carboxylic acids is 4. The van der Waals surface area contributed by atoms with Gasteiger partial charge in [-0.15, -0.1) is 0 Å². The van der Waals surface area contributed by atoms with E-state index in [2.05, 4.69) is 10.6 Å². The van der Waals surface area contributed by atoms with Gasteiger partial charge in [-0.25, -0.2) is 0 Å². The molecule has 1 fully saturated rings. The lowest BCUT2D eigenvalue weighted by Gasteiger charge is -2.27. The Kier molecular flexibility index (Phi) is 4.09. The number of nitrogens with zero attached hydrogens (tertiary/aromatic N) is 1. The summed E-state index contributed by atoms with van der Waals surface area (Å²) >= 11 is 0. The number of aryl methyl sites for hydroxylation is 1. The highest BCUT2D eigenvalue weighted by molar-refractivity contribution is 6.23. The Morgan fingerprint density at radius 1 is 0.933 bits per heavy atom. The van der Waals surface area contributed by atoms with Crippen molar-refractivity contribution in [2.24, 2.45) is 0 Å². The number of nitrogens with one attached hydrogen (secondary N) is 2. The normalized spacial score (nSPS) is 22.7. The van der Waals surface area contributed by atoms with Gasteiger partial charge in [0.1, 0.15) is 6.04 Å². The summed E-state index contributed by atoms with van der Waals surface area (Å²) in [4.78, 5) is 50.3. The quantitative estimate of drug-likeness (QED) is 0.529. The smallest absolute Gasteiger partial charge is 0.262 e. The molecule has 8 nitrogen and oxygen atoms in total. The second-order valence-corrected chi connectivity index (χ2v) is 7.90. The van der Waals surface area contributed by atoms with Crippen LogP contribution in [0.25, 0.3) is 0 Å². The third-order valence-corrected chi connectivity index (χ3v) is 6.03. The molecular weight excluding hydrogens is 384 g/mol. The molecule has 0 saturated carbocycles. The predicted octanol–water partition coefficient (Wildman–Crippen LogP) is 1.77. The van der Waals surface area contributed by atoms with Crippen molar-refractivity contribution in [3.8, 4) is 0 Å². The number of rotatable bonds is 3. The van der Waals surface area contributed by atoms with Crippen molar-refractivity contribution in [2.45, 2.75) is 37.8 Å². The molecule has 4 N–H and O–H groups in total. The summed E-state index contributed by atoms with van der Waals surface area (Å²) < 4.78 is 0. The molecule has 3 aliphatic rings. The molecule has 0 aromatic heterocycles. The highest BCUT2D eigenvalue weighted by Crippen LogP contribution is 2.36. The van der Waals surface area contributed by atoms with E-state index < -0.39 is 29.7 Å². The maximum absolute atomic E-state index is 13.0. The summed E-state index contributed by atoms with van der Waals surface area (Å²) in [6.07, 6.45) is 2.07. The number of hydrogen-bond donors (Lipinski definition) is 3. The van der Waals surface area contributed by atoms with Gasteiger partial charge in [0.2, 0.25) is 11.8 Å². The number of imide groups is 2. The third kappa shape index (κ3) is 2.83. The molecule has 2 unspecified atom stereocenters. The van der Waals surface area contributed by atoms with E-state index in [-0.39, 0.29) is 30.0 Å². The zero-order valence-electron chi connectivity index (χ0n) is 16.1. The average Bonchev–Trinajstić information content (AvgIpc) is 3.21. The van der Waals surface area contributed by atoms with E-state index >= 15 is 0 Å². The van der Waals surface area contributed by atoms with E-state index in [0.717, 1.165) is 29.1 Å². The summed E-state index contributed by atoms with van der Waals surface area (Å²) in [7, 11) is 0. The van der Waals surface area contributed by atoms with Gasteiger partial charge >= 0.3 is 0 Å². The fourth-order valence-electron chi connectivity index (χ4n) is 4.55. The number of benzene rings is 2. The van der Waals surface area contributed by atoms with Crippen LogP contribution in [0.4, 0.5) is 11.4 Å². The molecule has 1 saturated heterocycles. The molecule has 1 aliphatic carbocycles. The highest BCUT2D eigenvalue weighted by atomic mass is 16.2. The molecule has 152 valence electrons. The third-order valence-electron chi connectivity index (χ3n) is 6.03. The van der Waals surface area contributed by atoms with Gasteiger partial charge in [-0.2, -0.15) is 0 Å². The van der Waals surface area contributed by atoms with Gasteiger partial charge in [0.15, 0.2) is 0 Å². The lowest BCUT2D eigenvalue weighted by Crippen LogP contribution is -2.54. The first kappa shape index (κ1) is 18.4. The number of anilines is 2. The van der Waals surface area contributed by atoms with Crippen LogP contribution in [0.15, 0.2) is 36.4 Å². The van der Waals surface area contributed by atoms with Gasteiger partial charge in [-0.05, 0) is 60.7 Å². The van der Waals surface area contributed by atoms with Gasteiger partial charge in [0.05, 0.1) is 17.2 Å². The summed E-state index contributed by atoms with van der Waals surface area (Å²) in [5.41, 5.74) is 10.3. The van der Waals surface area contributed by atoms with Crippen molar-refractivity contribution in [3.05, 3.63) is 58.7 Å². The molecule has 8 heteroatoms. The van der Waals surface area contributed by atoms with Crippen LogP contribution in [0.3, 0.4) is 0 Å². The van der Waals surface area contributed by atoms with Gasteiger partial charge < -0.3 is 11.1 Å². The van der Waals surface area contributed by atoms with Crippen LogP contribution in [-0.4, -0.2) is 34.6 Å². The van der Waals surface area contributed by atoms with Crippen molar-refractivity contribution >= 4 is 35.0 Å². The summed E-state index contributed by atoms with van der Waals surface area (Å²) in [6, 6.07) is 10.1. The topological polar surface area (TPSA) is 122 Å². The summed E-state index contributed by atoms with van der Waals surface area (Å²) in [6.45, 7) is 0. The molecule has 2 heterocycles. The predicted molar refractivity (Wildman–Crippen MR) is 109 cm³/mol. The number of fused-ring (bicyclic) bond motifs is 2. The highest BCUT2D eigenvalue weighted by Gasteiger charge is 2.44. The number of hydrogen-bond acceptors (Lipinski definition) is 6. The number of nitrogens with two attached hydrogens (primary N) is 1. The lowest BCUT2D eigenvalue weighted by molar-refractivity contribution is -0.136. The standard InChI is InChI=1S/C22H20N4O4/c23-12-2-4-14-11(9-12)1-6-17(14)24-13-3-5-15-16(10-13)22(30)26(21(15)29)18-7-8-19(27)25-20(18)28/h2-5,9-10,17-18,24H,1,6-8,23H2,(H,25,27,28). The van der Waals surface area contributed by atoms with E-state index in [4.69, 9.17) is 5.73 Å². The van der Waals surface area contributed by atoms with Crippen LogP contribution >= 0.6 is 0 Å². The molecule has 2 aliphatic heterocycles. The minimum atomic E-state index is -0.960. The first-order valence-corrected chi connectivity index (χ1v) is 9.93. The second kappa shape index (κ2) is 6.69. The molecule has 30 heavy (non-hydrogen) atoms. The first-order chi connectivity index (χ1) is 14.4. The Balaban J connectivity index is 1.39. The van der Waals surface area contributed by atoms with Crippen LogP contribution < -0.4 is 16.4 Å². The Hall–Kier alpha value is -3.68. The van der Waals surface area contributed by atoms with E-state index in [1.165, 1.54) is 11.1 Å². The van der Waals surface area contributed by atoms with Crippen LogP contribution in [0, 0.1) is 0 Å². The maximum Gasteiger partial charge on any atom is 0.262 e. The van der Waals surface area contributed by atoms with E-state index in [0.29, 0.717) is 0 Å². The molecular formula is C22H20N4O4. The minimum Gasteiger partial charge on any atom is -0.399 e. The molecule has 0 bridgehead atoms. The SMILES string of the molecule is Nc1ccc2c(c1)CCC2Nc1ccc2c(c1)C(=O)N(C1CCC(=O)NC1=O)C2=O. The van der Waals surface area contributed by atoms with E-state index in [1.54, 1.807) is 18.2 Å². The number of carbonyl (C=O) groups is 4. The van der Waals surface area contributed by atoms with Crippen LogP contribution in [0.5, 0.6) is 0 Å². The van der Waals surface area contributed by atoms with Gasteiger partial charge in [0, 0.05) is 17.8 Å². The Morgan fingerprint density at radius 3 is 2.53 bits per heavy atom. The summed E-state index contributed by atoms with van der Waals surface area (Å²) in [5, 5.41) is 5.65. The van der Waals surface area contributed by atoms with Gasteiger partial charge in [-0.1, -0.05) is 6.07 Å². The van der Waals surface area contributed by atoms with Gasteiger partial charge in [0.25, 0.3) is 11.8 Å². The Labute approximate surface area is 172 Å². The van der Waals surface area contributed by atoms with Crippen LogP contribution in [0.2, 0.25) is 0 Å². The molecule has 4 amide bonds. The molecule has 2 atom stereocenters. The molecule has 5 rings (SSSR count). The van der Waals surface area contributed by atoms with Gasteiger partial charge in [-0.3, -0.25) is 29.4 Å². The van der Waals surface area contributed by atoms with Crippen molar-refractivity contribution in [2.75, 3.05) is 11.1 Å². The molecule has 0 radical (unpaired) electrons. The number of piperidine rings is 1. The Morgan fingerprint density at radius 2 is 1.73 bits per heavy atom. The number of nitrogen functional groups attached to an aromatic ring is 1. The zero-order valence-corrected chi connectivity index (χ0v) is 16.1. The first-order valence-electron chi connectivity index (χ1n) is 9.93.